The highest BCUT2D eigenvalue weighted by Crippen LogP contribution is 2.48. The summed E-state index contributed by atoms with van der Waals surface area (Å²) in [5.41, 5.74) is 3.92. The van der Waals surface area contributed by atoms with Crippen LogP contribution in [0.2, 0.25) is 0 Å². The van der Waals surface area contributed by atoms with Gasteiger partial charge in [0.25, 0.3) is 0 Å². The minimum Gasteiger partial charge on any atom is -0.461 e. The minimum absolute atomic E-state index is 0.166. The van der Waals surface area contributed by atoms with Crippen molar-refractivity contribution < 1.29 is 9.53 Å². The Morgan fingerprint density at radius 1 is 1.19 bits per heavy atom. The second kappa shape index (κ2) is 7.86. The molecule has 4 heteroatoms. The highest BCUT2D eigenvalue weighted by atomic mass is 16.5. The van der Waals surface area contributed by atoms with E-state index in [-0.39, 0.29) is 16.5 Å². The maximum Gasteiger partial charge on any atom is 0.358 e. The van der Waals surface area contributed by atoms with Crippen LogP contribution in [0, 0.1) is 22.7 Å². The summed E-state index contributed by atoms with van der Waals surface area (Å²) < 4.78 is 4.89. The van der Waals surface area contributed by atoms with Crippen LogP contribution in [0.1, 0.15) is 70.6 Å². The Morgan fingerprint density at radius 2 is 1.88 bits per heavy atom. The fraction of sp³-hybridized carbons (Fsp3) is 0.500. The standard InChI is InChI=1S/C22H28N2O2/c1-7-26-20(25)19-15-23-17(14-24-19)10-8-9-11-18-16(2)21(3,4)12-13-22(18,5)6/h9,11,14-15H,7,12-13H2,1-6H3. The number of nitrogens with zero attached hydrogens (tertiary/aromatic N) is 2. The summed E-state index contributed by atoms with van der Waals surface area (Å²) in [6.45, 7) is 13.5. The van der Waals surface area contributed by atoms with Crippen molar-refractivity contribution in [3.05, 3.63) is 47.1 Å². The molecule has 0 amide bonds. The Hall–Kier alpha value is -2.41. The lowest BCUT2D eigenvalue weighted by atomic mass is 9.63. The van der Waals surface area contributed by atoms with Gasteiger partial charge in [-0.15, -0.1) is 0 Å². The topological polar surface area (TPSA) is 52.1 Å². The number of hydrogen-bond acceptors (Lipinski definition) is 4. The molecule has 26 heavy (non-hydrogen) atoms. The predicted molar refractivity (Wildman–Crippen MR) is 104 cm³/mol. The molecular weight excluding hydrogens is 324 g/mol. The van der Waals surface area contributed by atoms with Crippen molar-refractivity contribution in [2.75, 3.05) is 6.61 Å². The zero-order valence-electron chi connectivity index (χ0n) is 16.6. The third-order valence-electron chi connectivity index (χ3n) is 5.19. The summed E-state index contributed by atoms with van der Waals surface area (Å²) >= 11 is 0. The first-order chi connectivity index (χ1) is 12.2. The van der Waals surface area contributed by atoms with Gasteiger partial charge in [-0.05, 0) is 55.1 Å². The van der Waals surface area contributed by atoms with Gasteiger partial charge < -0.3 is 4.74 Å². The molecule has 2 rings (SSSR count). The van der Waals surface area contributed by atoms with Gasteiger partial charge in [0, 0.05) is 0 Å². The van der Waals surface area contributed by atoms with Gasteiger partial charge in [-0.3, -0.25) is 0 Å². The van der Waals surface area contributed by atoms with Crippen molar-refractivity contribution in [1.82, 2.24) is 9.97 Å². The van der Waals surface area contributed by atoms with Crippen LogP contribution in [-0.2, 0) is 4.74 Å². The van der Waals surface area contributed by atoms with Crippen LogP contribution in [0.5, 0.6) is 0 Å². The van der Waals surface area contributed by atoms with E-state index in [1.54, 1.807) is 6.92 Å². The predicted octanol–water partition coefficient (Wildman–Crippen LogP) is 4.72. The highest BCUT2D eigenvalue weighted by molar-refractivity contribution is 5.86. The van der Waals surface area contributed by atoms with Gasteiger partial charge in [0.05, 0.1) is 19.0 Å². The molecule has 1 aliphatic carbocycles. The van der Waals surface area contributed by atoms with E-state index in [1.807, 2.05) is 6.08 Å². The third-order valence-corrected chi connectivity index (χ3v) is 5.19. The normalized spacial score (nSPS) is 18.4. The number of aromatic nitrogens is 2. The molecule has 1 aromatic heterocycles. The van der Waals surface area contributed by atoms with Crippen LogP contribution in [0.3, 0.4) is 0 Å². The van der Waals surface area contributed by atoms with Gasteiger partial charge in [-0.25, -0.2) is 14.8 Å². The highest BCUT2D eigenvalue weighted by Gasteiger charge is 2.35. The van der Waals surface area contributed by atoms with Gasteiger partial charge in [-0.2, -0.15) is 0 Å². The van der Waals surface area contributed by atoms with E-state index in [0.29, 0.717) is 12.3 Å². The fourth-order valence-electron chi connectivity index (χ4n) is 3.11. The number of carbonyl (C=O) groups is 1. The van der Waals surface area contributed by atoms with Crippen molar-refractivity contribution in [2.24, 2.45) is 10.8 Å². The van der Waals surface area contributed by atoms with Gasteiger partial charge >= 0.3 is 5.97 Å². The lowest BCUT2D eigenvalue weighted by Gasteiger charge is -2.41. The summed E-state index contributed by atoms with van der Waals surface area (Å²) in [6, 6.07) is 0. The fourth-order valence-corrected chi connectivity index (χ4v) is 3.11. The van der Waals surface area contributed by atoms with Gasteiger partial charge in [-0.1, -0.05) is 45.3 Å². The summed E-state index contributed by atoms with van der Waals surface area (Å²) in [5.74, 6) is 5.52. The van der Waals surface area contributed by atoms with Crippen LogP contribution >= 0.6 is 0 Å². The molecule has 0 bridgehead atoms. The van der Waals surface area contributed by atoms with Gasteiger partial charge in [0.15, 0.2) is 5.69 Å². The Morgan fingerprint density at radius 3 is 2.50 bits per heavy atom. The van der Waals surface area contributed by atoms with E-state index in [2.05, 4.69) is 62.5 Å². The maximum atomic E-state index is 11.6. The lowest BCUT2D eigenvalue weighted by molar-refractivity contribution is 0.0519. The first kappa shape index (κ1) is 19.9. The van der Waals surface area contributed by atoms with Crippen molar-refractivity contribution in [3.63, 3.8) is 0 Å². The molecule has 0 fully saturated rings. The molecule has 138 valence electrons. The number of allylic oxidation sites excluding steroid dienone is 4. The number of ether oxygens (including phenoxy) is 1. The SMILES string of the molecule is CCOC(=O)c1cnc(C#CC=CC2=C(C)C(C)(C)CCC2(C)C)cn1. The molecule has 0 radical (unpaired) electrons. The second-order valence-corrected chi connectivity index (χ2v) is 7.92. The molecule has 0 N–H and O–H groups in total. The maximum absolute atomic E-state index is 11.6. The van der Waals surface area contributed by atoms with Crippen molar-refractivity contribution in [2.45, 2.75) is 54.4 Å². The molecule has 4 nitrogen and oxygen atoms in total. The summed E-state index contributed by atoms with van der Waals surface area (Å²) in [5, 5.41) is 0. The Kier molecular flexibility index (Phi) is 6.02. The molecule has 0 unspecified atom stereocenters. The smallest absolute Gasteiger partial charge is 0.358 e. The average molecular weight is 352 g/mol. The Balaban J connectivity index is 2.15. The molecule has 1 aromatic rings. The number of hydrogen-bond donors (Lipinski definition) is 0. The molecule has 1 aliphatic rings. The molecule has 0 saturated heterocycles. The van der Waals surface area contributed by atoms with E-state index in [0.717, 1.165) is 0 Å². The monoisotopic (exact) mass is 352 g/mol. The Labute approximate surface area is 156 Å². The lowest BCUT2D eigenvalue weighted by Crippen LogP contribution is -2.29. The Bertz CT molecular complexity index is 788. The molecule has 0 saturated carbocycles. The molecular formula is C22H28N2O2. The van der Waals surface area contributed by atoms with E-state index in [4.69, 9.17) is 4.74 Å². The average Bonchev–Trinajstić information content (AvgIpc) is 2.59. The summed E-state index contributed by atoms with van der Waals surface area (Å²) in [4.78, 5) is 19.8. The summed E-state index contributed by atoms with van der Waals surface area (Å²) in [7, 11) is 0. The number of esters is 1. The van der Waals surface area contributed by atoms with Crippen molar-refractivity contribution in [3.8, 4) is 11.8 Å². The van der Waals surface area contributed by atoms with E-state index < -0.39 is 5.97 Å². The van der Waals surface area contributed by atoms with Gasteiger partial charge in [0.2, 0.25) is 0 Å². The van der Waals surface area contributed by atoms with Crippen LogP contribution in [-0.4, -0.2) is 22.5 Å². The molecule has 0 aromatic carbocycles. The summed E-state index contributed by atoms with van der Waals surface area (Å²) in [6.07, 6.45) is 9.27. The van der Waals surface area contributed by atoms with E-state index in [9.17, 15) is 4.79 Å². The largest absolute Gasteiger partial charge is 0.461 e. The number of carbonyl (C=O) groups excluding carboxylic acids is 1. The molecule has 0 spiro atoms. The van der Waals surface area contributed by atoms with Crippen LogP contribution in [0.15, 0.2) is 35.7 Å². The van der Waals surface area contributed by atoms with E-state index in [1.165, 1.54) is 36.4 Å². The van der Waals surface area contributed by atoms with Gasteiger partial charge in [0.1, 0.15) is 5.69 Å². The van der Waals surface area contributed by atoms with E-state index >= 15 is 0 Å². The third kappa shape index (κ3) is 4.60. The van der Waals surface area contributed by atoms with Crippen LogP contribution in [0.4, 0.5) is 0 Å². The second-order valence-electron chi connectivity index (χ2n) is 7.92. The number of rotatable bonds is 3. The van der Waals surface area contributed by atoms with Crippen LogP contribution in [0.25, 0.3) is 0 Å². The zero-order chi connectivity index (χ0) is 19.4. The quantitative estimate of drug-likeness (QED) is 0.583. The van der Waals surface area contributed by atoms with Crippen molar-refractivity contribution in [1.29, 1.82) is 0 Å². The van der Waals surface area contributed by atoms with Crippen molar-refractivity contribution >= 4 is 5.97 Å². The molecule has 0 atom stereocenters. The molecule has 0 aliphatic heterocycles. The molecule has 1 heterocycles. The first-order valence-electron chi connectivity index (χ1n) is 9.06. The van der Waals surface area contributed by atoms with Crippen LogP contribution < -0.4 is 0 Å². The zero-order valence-corrected chi connectivity index (χ0v) is 16.6. The first-order valence-corrected chi connectivity index (χ1v) is 9.06. The minimum atomic E-state index is -0.469.